The fourth-order valence-electron chi connectivity index (χ4n) is 3.36. The zero-order chi connectivity index (χ0) is 20.6. The number of pyridine rings is 1. The molecule has 0 saturated heterocycles. The van der Waals surface area contributed by atoms with E-state index in [1.54, 1.807) is 12.3 Å². The molecule has 3 aromatic rings. The fourth-order valence-corrected chi connectivity index (χ4v) is 3.36. The highest BCUT2D eigenvalue weighted by molar-refractivity contribution is 5.98. The van der Waals surface area contributed by atoms with E-state index >= 15 is 0 Å². The van der Waals surface area contributed by atoms with Crippen LogP contribution in [0.4, 0.5) is 17.6 Å². The molecule has 2 aromatic heterocycles. The van der Waals surface area contributed by atoms with E-state index in [4.69, 9.17) is 0 Å². The number of hydrogen-bond acceptors (Lipinski definition) is 4. The Labute approximate surface area is 162 Å². The van der Waals surface area contributed by atoms with E-state index in [0.29, 0.717) is 41.4 Å². The molecule has 0 aliphatic carbocycles. The Morgan fingerprint density at radius 3 is 2.59 bits per heavy atom. The van der Waals surface area contributed by atoms with E-state index in [2.05, 4.69) is 20.5 Å². The zero-order valence-corrected chi connectivity index (χ0v) is 14.9. The molecule has 0 atom stereocenters. The van der Waals surface area contributed by atoms with Gasteiger partial charge < -0.3 is 5.32 Å². The lowest BCUT2D eigenvalue weighted by Gasteiger charge is -2.18. The Bertz CT molecular complexity index is 1100. The van der Waals surface area contributed by atoms with Crippen molar-refractivity contribution >= 4 is 5.91 Å². The number of aromatic nitrogens is 3. The van der Waals surface area contributed by atoms with E-state index in [1.165, 1.54) is 12.4 Å². The molecule has 1 amide bonds. The first-order valence-corrected chi connectivity index (χ1v) is 8.75. The molecule has 4 rings (SSSR count). The summed E-state index contributed by atoms with van der Waals surface area (Å²) >= 11 is 0. The van der Waals surface area contributed by atoms with E-state index in [0.717, 1.165) is 17.7 Å². The van der Waals surface area contributed by atoms with Gasteiger partial charge in [-0.1, -0.05) is 0 Å². The molecule has 1 aromatic carbocycles. The Balaban J connectivity index is 1.69. The van der Waals surface area contributed by atoms with E-state index in [1.807, 2.05) is 0 Å². The van der Waals surface area contributed by atoms with Crippen molar-refractivity contribution in [2.45, 2.75) is 19.0 Å². The van der Waals surface area contributed by atoms with Gasteiger partial charge in [-0.3, -0.25) is 9.78 Å². The molecular weight excluding hydrogens is 388 g/mol. The number of rotatable bonds is 3. The second-order valence-corrected chi connectivity index (χ2v) is 6.69. The van der Waals surface area contributed by atoms with Crippen molar-refractivity contribution in [3.05, 3.63) is 76.5 Å². The zero-order valence-electron chi connectivity index (χ0n) is 14.9. The first-order chi connectivity index (χ1) is 13.8. The lowest BCUT2D eigenvalue weighted by Crippen LogP contribution is -2.32. The average Bonchev–Trinajstić information content (AvgIpc) is 2.67. The maximum Gasteiger partial charge on any atom is 0.416 e. The van der Waals surface area contributed by atoms with Gasteiger partial charge in [-0.25, -0.2) is 4.39 Å². The third kappa shape index (κ3) is 3.94. The lowest BCUT2D eigenvalue weighted by molar-refractivity contribution is -0.137. The van der Waals surface area contributed by atoms with Crippen LogP contribution in [0.25, 0.3) is 11.3 Å². The van der Waals surface area contributed by atoms with Crippen LogP contribution in [0.2, 0.25) is 0 Å². The minimum absolute atomic E-state index is 0.0479. The highest BCUT2D eigenvalue weighted by atomic mass is 19.4. The van der Waals surface area contributed by atoms with Gasteiger partial charge in [0.1, 0.15) is 5.82 Å². The number of carbonyl (C=O) groups is 1. The second-order valence-electron chi connectivity index (χ2n) is 6.69. The summed E-state index contributed by atoms with van der Waals surface area (Å²) in [7, 11) is 0. The van der Waals surface area contributed by atoms with Gasteiger partial charge in [0, 0.05) is 24.5 Å². The molecule has 0 saturated carbocycles. The van der Waals surface area contributed by atoms with Gasteiger partial charge in [0.25, 0.3) is 5.91 Å². The van der Waals surface area contributed by atoms with Crippen LogP contribution in [-0.4, -0.2) is 27.6 Å². The van der Waals surface area contributed by atoms with Crippen LogP contribution >= 0.6 is 0 Å². The van der Waals surface area contributed by atoms with Crippen LogP contribution in [0.5, 0.6) is 0 Å². The summed E-state index contributed by atoms with van der Waals surface area (Å²) in [6.45, 7) is 0.486. The van der Waals surface area contributed by atoms with E-state index < -0.39 is 17.6 Å². The van der Waals surface area contributed by atoms with Crippen molar-refractivity contribution in [1.29, 1.82) is 0 Å². The summed E-state index contributed by atoms with van der Waals surface area (Å²) in [6, 6.07) is 4.10. The molecule has 0 unspecified atom stereocenters. The largest absolute Gasteiger partial charge is 0.416 e. The normalized spacial score (nSPS) is 13.7. The SMILES string of the molecule is O=C1NCCc2c1cncc2-c1cc(Cc2cc(F)cc(C(F)(F)F)c2)cnn1. The molecule has 0 fully saturated rings. The number of halogens is 4. The molecule has 0 radical (unpaired) electrons. The van der Waals surface area contributed by atoms with Crippen LogP contribution < -0.4 is 5.32 Å². The van der Waals surface area contributed by atoms with Crippen molar-refractivity contribution in [3.8, 4) is 11.3 Å². The maximum atomic E-state index is 13.7. The molecule has 3 heterocycles. The molecule has 148 valence electrons. The van der Waals surface area contributed by atoms with Gasteiger partial charge in [-0.2, -0.15) is 23.4 Å². The molecule has 9 heteroatoms. The van der Waals surface area contributed by atoms with Crippen LogP contribution in [0.15, 0.2) is 42.9 Å². The molecule has 1 aliphatic heterocycles. The highest BCUT2D eigenvalue weighted by Gasteiger charge is 2.31. The van der Waals surface area contributed by atoms with Crippen molar-refractivity contribution in [2.24, 2.45) is 0 Å². The minimum Gasteiger partial charge on any atom is -0.352 e. The van der Waals surface area contributed by atoms with Gasteiger partial charge in [0.05, 0.1) is 23.0 Å². The smallest absolute Gasteiger partial charge is 0.352 e. The molecule has 1 N–H and O–H groups in total. The van der Waals surface area contributed by atoms with Crippen LogP contribution in [-0.2, 0) is 19.0 Å². The first-order valence-electron chi connectivity index (χ1n) is 8.75. The Morgan fingerprint density at radius 2 is 1.79 bits per heavy atom. The van der Waals surface area contributed by atoms with Gasteiger partial charge in [0.2, 0.25) is 0 Å². The summed E-state index contributed by atoms with van der Waals surface area (Å²) in [5, 5.41) is 10.7. The van der Waals surface area contributed by atoms with Gasteiger partial charge >= 0.3 is 6.18 Å². The number of nitrogens with one attached hydrogen (secondary N) is 1. The topological polar surface area (TPSA) is 67.8 Å². The number of nitrogens with zero attached hydrogens (tertiary/aromatic N) is 3. The number of amides is 1. The van der Waals surface area contributed by atoms with E-state index in [-0.39, 0.29) is 17.9 Å². The lowest BCUT2D eigenvalue weighted by atomic mass is 9.95. The number of carbonyl (C=O) groups excluding carboxylic acids is 1. The molecule has 1 aliphatic rings. The van der Waals surface area contributed by atoms with Crippen LogP contribution in [0, 0.1) is 5.82 Å². The molecule has 5 nitrogen and oxygen atoms in total. The monoisotopic (exact) mass is 402 g/mol. The summed E-state index contributed by atoms with van der Waals surface area (Å²) in [6.07, 6.45) is 0.492. The Kier molecular flexibility index (Phi) is 4.73. The predicted octanol–water partition coefficient (Wildman–Crippen LogP) is 3.57. The van der Waals surface area contributed by atoms with Crippen molar-refractivity contribution < 1.29 is 22.4 Å². The van der Waals surface area contributed by atoms with Gasteiger partial charge in [0.15, 0.2) is 0 Å². The Morgan fingerprint density at radius 1 is 1.00 bits per heavy atom. The summed E-state index contributed by atoms with van der Waals surface area (Å²) in [5.74, 6) is -1.17. The van der Waals surface area contributed by atoms with Crippen molar-refractivity contribution in [2.75, 3.05) is 6.54 Å². The standard InChI is InChI=1S/C20H14F4N4O/c21-14-5-11(4-13(7-14)20(22,23)24)3-12-6-18(28-27-8-12)16-9-25-10-17-15(16)1-2-26-19(17)29/h4-10H,1-3H2,(H,26,29). The molecule has 0 spiro atoms. The van der Waals surface area contributed by atoms with E-state index in [9.17, 15) is 22.4 Å². The third-order valence-electron chi connectivity index (χ3n) is 4.64. The first kappa shape index (κ1) is 19.0. The average molecular weight is 402 g/mol. The maximum absolute atomic E-state index is 13.7. The highest BCUT2D eigenvalue weighted by Crippen LogP contribution is 2.31. The van der Waals surface area contributed by atoms with Gasteiger partial charge in [-0.15, -0.1) is 0 Å². The molecule has 0 bridgehead atoms. The third-order valence-corrected chi connectivity index (χ3v) is 4.64. The number of benzene rings is 1. The summed E-state index contributed by atoms with van der Waals surface area (Å²) in [4.78, 5) is 16.1. The van der Waals surface area contributed by atoms with Crippen LogP contribution in [0.1, 0.15) is 32.6 Å². The Hall–Kier alpha value is -3.36. The molecule has 29 heavy (non-hydrogen) atoms. The summed E-state index contributed by atoms with van der Waals surface area (Å²) in [5.41, 5.74) is 2.04. The van der Waals surface area contributed by atoms with Crippen molar-refractivity contribution in [1.82, 2.24) is 20.5 Å². The quantitative estimate of drug-likeness (QED) is 0.680. The second kappa shape index (κ2) is 7.23. The minimum atomic E-state index is -4.63. The van der Waals surface area contributed by atoms with Crippen molar-refractivity contribution in [3.63, 3.8) is 0 Å². The number of alkyl halides is 3. The summed E-state index contributed by atoms with van der Waals surface area (Å²) < 4.78 is 52.5. The molecular formula is C20H14F4N4O. The number of hydrogen-bond donors (Lipinski definition) is 1. The number of fused-ring (bicyclic) bond motifs is 1. The van der Waals surface area contributed by atoms with Gasteiger partial charge in [-0.05, 0) is 53.8 Å². The predicted molar refractivity (Wildman–Crippen MR) is 95.5 cm³/mol. The fraction of sp³-hybridized carbons (Fsp3) is 0.200. The van der Waals surface area contributed by atoms with Crippen LogP contribution in [0.3, 0.4) is 0 Å².